The third kappa shape index (κ3) is 4.93. The van der Waals surface area contributed by atoms with Gasteiger partial charge in [-0.15, -0.1) is 0 Å². The van der Waals surface area contributed by atoms with Crippen molar-refractivity contribution >= 4 is 23.5 Å². The summed E-state index contributed by atoms with van der Waals surface area (Å²) in [5, 5.41) is 6.06. The zero-order valence-electron chi connectivity index (χ0n) is 18.7. The highest BCUT2D eigenvalue weighted by Crippen LogP contribution is 2.26. The number of urea groups is 1. The average Bonchev–Trinajstić information content (AvgIpc) is 2.85. The fraction of sp³-hybridized carbons (Fsp3) is 0.375. The van der Waals surface area contributed by atoms with E-state index in [9.17, 15) is 14.4 Å². The number of fused-ring (bicyclic) bond motifs is 1. The molecule has 2 heterocycles. The van der Waals surface area contributed by atoms with Crippen LogP contribution in [0.15, 0.2) is 48.5 Å². The fourth-order valence-electron chi connectivity index (χ4n) is 4.29. The number of methoxy groups -OCH3 is 2. The number of rotatable bonds is 7. The molecule has 2 aromatic rings. The van der Waals surface area contributed by atoms with Gasteiger partial charge in [-0.05, 0) is 61.3 Å². The number of ether oxygens (including phenoxy) is 2. The molecule has 2 unspecified atom stereocenters. The van der Waals surface area contributed by atoms with Gasteiger partial charge in [0.1, 0.15) is 24.1 Å². The summed E-state index contributed by atoms with van der Waals surface area (Å²) in [5.74, 6) is 0.799. The topological polar surface area (TPSA) is 100 Å². The van der Waals surface area contributed by atoms with Crippen molar-refractivity contribution in [3.8, 4) is 11.5 Å². The molecule has 33 heavy (non-hydrogen) atoms. The van der Waals surface area contributed by atoms with Crippen molar-refractivity contribution in [3.05, 3.63) is 54.1 Å². The van der Waals surface area contributed by atoms with Gasteiger partial charge in [-0.25, -0.2) is 4.79 Å². The van der Waals surface area contributed by atoms with Crippen LogP contribution in [-0.2, 0) is 16.1 Å². The third-order valence-electron chi connectivity index (χ3n) is 6.02. The van der Waals surface area contributed by atoms with Gasteiger partial charge < -0.3 is 25.0 Å². The van der Waals surface area contributed by atoms with Gasteiger partial charge in [0.25, 0.3) is 0 Å². The second-order valence-corrected chi connectivity index (χ2v) is 8.10. The minimum absolute atomic E-state index is 0.128. The lowest BCUT2D eigenvalue weighted by atomic mass is 9.93. The molecule has 0 radical (unpaired) electrons. The van der Waals surface area contributed by atoms with Crippen molar-refractivity contribution in [2.24, 2.45) is 0 Å². The molecule has 4 amide bonds. The Morgan fingerprint density at radius 3 is 2.30 bits per heavy atom. The number of nitrogens with zero attached hydrogens (tertiary/aromatic N) is 2. The molecule has 174 valence electrons. The minimum Gasteiger partial charge on any atom is -0.497 e. The Morgan fingerprint density at radius 1 is 1.03 bits per heavy atom. The highest BCUT2D eigenvalue weighted by molar-refractivity contribution is 6.02. The number of carbonyl (C=O) groups excluding carboxylic acids is 3. The molecule has 2 fully saturated rings. The molecule has 9 nitrogen and oxygen atoms in total. The van der Waals surface area contributed by atoms with Crippen LogP contribution < -0.4 is 20.1 Å². The van der Waals surface area contributed by atoms with Crippen LogP contribution >= 0.6 is 0 Å². The second kappa shape index (κ2) is 9.91. The molecule has 0 bridgehead atoms. The maximum Gasteiger partial charge on any atom is 0.327 e. The number of carbonyl (C=O) groups is 3. The molecule has 2 N–H and O–H groups in total. The number of benzene rings is 2. The Kier molecular flexibility index (Phi) is 6.79. The smallest absolute Gasteiger partial charge is 0.327 e. The summed E-state index contributed by atoms with van der Waals surface area (Å²) in [6.45, 7) is 0.687. The van der Waals surface area contributed by atoms with Gasteiger partial charge in [0.15, 0.2) is 0 Å². The van der Waals surface area contributed by atoms with E-state index in [-0.39, 0.29) is 30.9 Å². The van der Waals surface area contributed by atoms with Crippen molar-refractivity contribution in [3.63, 3.8) is 0 Å². The molecule has 9 heteroatoms. The quantitative estimate of drug-likeness (QED) is 0.668. The predicted molar refractivity (Wildman–Crippen MR) is 122 cm³/mol. The van der Waals surface area contributed by atoms with Crippen LogP contribution in [-0.4, -0.2) is 67.0 Å². The van der Waals surface area contributed by atoms with Gasteiger partial charge in [0, 0.05) is 5.69 Å². The molecule has 4 rings (SSSR count). The molecule has 0 spiro atoms. The van der Waals surface area contributed by atoms with Crippen molar-refractivity contribution < 1.29 is 23.9 Å². The van der Waals surface area contributed by atoms with Gasteiger partial charge in [0.2, 0.25) is 11.8 Å². The molecule has 2 aromatic carbocycles. The van der Waals surface area contributed by atoms with Crippen molar-refractivity contribution in [2.75, 3.05) is 32.6 Å². The Labute approximate surface area is 192 Å². The van der Waals surface area contributed by atoms with E-state index in [4.69, 9.17) is 9.47 Å². The van der Waals surface area contributed by atoms with E-state index in [1.165, 1.54) is 9.80 Å². The molecule has 2 atom stereocenters. The summed E-state index contributed by atoms with van der Waals surface area (Å²) in [7, 11) is 3.15. The molecule has 0 aromatic heterocycles. The molecule has 2 aliphatic heterocycles. The number of piperidine rings is 1. The maximum atomic E-state index is 13.4. The SMILES string of the molecule is COc1ccc(CN2C(=O)C3NCCCC3N(CC(=O)Nc3ccc(OC)cc3)C2=O)cc1. The first-order valence-electron chi connectivity index (χ1n) is 10.9. The van der Waals surface area contributed by atoms with Crippen LogP contribution in [0.4, 0.5) is 10.5 Å². The highest BCUT2D eigenvalue weighted by Gasteiger charge is 2.47. The Bertz CT molecular complexity index is 1010. The van der Waals surface area contributed by atoms with E-state index >= 15 is 0 Å². The molecule has 2 aliphatic rings. The zero-order valence-corrected chi connectivity index (χ0v) is 18.7. The second-order valence-electron chi connectivity index (χ2n) is 8.10. The van der Waals surface area contributed by atoms with Crippen LogP contribution in [0.2, 0.25) is 0 Å². The maximum absolute atomic E-state index is 13.4. The molecular weight excluding hydrogens is 424 g/mol. The summed E-state index contributed by atoms with van der Waals surface area (Å²) in [4.78, 5) is 42.1. The van der Waals surface area contributed by atoms with Crippen LogP contribution in [0.5, 0.6) is 11.5 Å². The van der Waals surface area contributed by atoms with Gasteiger partial charge in [0.05, 0.1) is 26.8 Å². The van der Waals surface area contributed by atoms with Gasteiger partial charge in [-0.1, -0.05) is 12.1 Å². The molecule has 0 aliphatic carbocycles. The predicted octanol–water partition coefficient (Wildman–Crippen LogP) is 2.23. The van der Waals surface area contributed by atoms with Crippen molar-refractivity contribution in [2.45, 2.75) is 31.5 Å². The number of anilines is 1. The summed E-state index contributed by atoms with van der Waals surface area (Å²) in [6.07, 6.45) is 1.50. The number of hydrogen-bond donors (Lipinski definition) is 2. The fourth-order valence-corrected chi connectivity index (χ4v) is 4.29. The number of hydrogen-bond acceptors (Lipinski definition) is 6. The third-order valence-corrected chi connectivity index (χ3v) is 6.02. The van der Waals surface area contributed by atoms with E-state index in [0.717, 1.165) is 12.0 Å². The summed E-state index contributed by atoms with van der Waals surface area (Å²) >= 11 is 0. The first-order valence-corrected chi connectivity index (χ1v) is 10.9. The van der Waals surface area contributed by atoms with Gasteiger partial charge in [-0.2, -0.15) is 0 Å². The highest BCUT2D eigenvalue weighted by atomic mass is 16.5. The lowest BCUT2D eigenvalue weighted by Gasteiger charge is -2.46. The largest absolute Gasteiger partial charge is 0.497 e. The first kappa shape index (κ1) is 22.6. The zero-order chi connectivity index (χ0) is 23.4. The summed E-state index contributed by atoms with van der Waals surface area (Å²) < 4.78 is 10.3. The summed E-state index contributed by atoms with van der Waals surface area (Å²) in [6, 6.07) is 12.9. The average molecular weight is 453 g/mol. The van der Waals surface area contributed by atoms with E-state index in [2.05, 4.69) is 10.6 Å². The van der Waals surface area contributed by atoms with E-state index < -0.39 is 12.1 Å². The Balaban J connectivity index is 1.50. The van der Waals surface area contributed by atoms with Crippen LogP contribution in [0, 0.1) is 0 Å². The van der Waals surface area contributed by atoms with Crippen molar-refractivity contribution in [1.82, 2.24) is 15.1 Å². The standard InChI is InChI=1S/C24H28N4O5/c1-32-18-9-5-16(6-10-18)14-28-23(30)22-20(4-3-13-25-22)27(24(28)31)15-21(29)26-17-7-11-19(33-2)12-8-17/h5-12,20,22,25H,3-4,13-15H2,1-2H3,(H,26,29). The molecular formula is C24H28N4O5. The molecule has 0 saturated carbocycles. The van der Waals surface area contributed by atoms with Crippen LogP contribution in [0.25, 0.3) is 0 Å². The normalized spacial score (nSPS) is 20.3. The Morgan fingerprint density at radius 2 is 1.67 bits per heavy atom. The number of imide groups is 1. The monoisotopic (exact) mass is 452 g/mol. The van der Waals surface area contributed by atoms with Crippen LogP contribution in [0.1, 0.15) is 18.4 Å². The van der Waals surface area contributed by atoms with E-state index in [0.29, 0.717) is 30.2 Å². The lowest BCUT2D eigenvalue weighted by molar-refractivity contribution is -0.138. The van der Waals surface area contributed by atoms with E-state index in [1.54, 1.807) is 50.6 Å². The summed E-state index contributed by atoms with van der Waals surface area (Å²) in [5.41, 5.74) is 1.41. The number of nitrogens with one attached hydrogen (secondary N) is 2. The lowest BCUT2D eigenvalue weighted by Crippen LogP contribution is -2.70. The first-order chi connectivity index (χ1) is 16.0. The van der Waals surface area contributed by atoms with E-state index in [1.807, 2.05) is 12.1 Å². The van der Waals surface area contributed by atoms with Crippen LogP contribution in [0.3, 0.4) is 0 Å². The van der Waals surface area contributed by atoms with Gasteiger partial charge in [-0.3, -0.25) is 14.5 Å². The van der Waals surface area contributed by atoms with Gasteiger partial charge >= 0.3 is 6.03 Å². The Hall–Kier alpha value is -3.59. The molecule has 2 saturated heterocycles. The van der Waals surface area contributed by atoms with Crippen molar-refractivity contribution in [1.29, 1.82) is 0 Å². The minimum atomic E-state index is -0.525. The number of amides is 4.